The van der Waals surface area contributed by atoms with Gasteiger partial charge in [-0.05, 0) is 11.1 Å². The zero-order chi connectivity index (χ0) is 10.1. The Morgan fingerprint density at radius 3 is 2.93 bits per heavy atom. The minimum absolute atomic E-state index is 0.105. The average molecular weight is 186 g/mol. The Morgan fingerprint density at radius 1 is 1.50 bits per heavy atom. The molecule has 1 aliphatic heterocycles. The van der Waals surface area contributed by atoms with Gasteiger partial charge in [-0.3, -0.25) is 4.79 Å². The van der Waals surface area contributed by atoms with Gasteiger partial charge in [-0.2, -0.15) is 5.26 Å². The molecule has 14 heavy (non-hydrogen) atoms. The second-order valence-corrected chi connectivity index (χ2v) is 3.46. The summed E-state index contributed by atoms with van der Waals surface area (Å²) in [6, 6.07) is 9.66. The van der Waals surface area contributed by atoms with E-state index in [1.165, 1.54) is 0 Å². The smallest absolute Gasteiger partial charge is 0.244 e. The number of likely N-dealkylation sites (N-methyl/N-ethyl adjacent to an activating group) is 1. The van der Waals surface area contributed by atoms with Crippen molar-refractivity contribution in [1.82, 2.24) is 4.90 Å². The van der Waals surface area contributed by atoms with Gasteiger partial charge in [0.25, 0.3) is 0 Å². The van der Waals surface area contributed by atoms with Gasteiger partial charge in [-0.1, -0.05) is 24.3 Å². The Hall–Kier alpha value is -1.82. The van der Waals surface area contributed by atoms with Gasteiger partial charge in [0, 0.05) is 13.6 Å². The van der Waals surface area contributed by atoms with Gasteiger partial charge in [0.2, 0.25) is 5.91 Å². The molecule has 0 aliphatic carbocycles. The van der Waals surface area contributed by atoms with E-state index >= 15 is 0 Å². The largest absolute Gasteiger partial charge is 0.340 e. The number of rotatable bonds is 0. The van der Waals surface area contributed by atoms with E-state index in [0.717, 1.165) is 11.1 Å². The van der Waals surface area contributed by atoms with Crippen LogP contribution in [0.25, 0.3) is 0 Å². The van der Waals surface area contributed by atoms with Gasteiger partial charge in [-0.15, -0.1) is 0 Å². The molecular weight excluding hydrogens is 176 g/mol. The summed E-state index contributed by atoms with van der Waals surface area (Å²) in [7, 11) is 1.72. The molecule has 70 valence electrons. The molecule has 1 aromatic carbocycles. The maximum absolute atomic E-state index is 11.6. The van der Waals surface area contributed by atoms with Gasteiger partial charge >= 0.3 is 0 Å². The molecule has 1 atom stereocenters. The number of hydrogen-bond acceptors (Lipinski definition) is 2. The number of fused-ring (bicyclic) bond motifs is 1. The molecule has 0 saturated heterocycles. The molecule has 0 aromatic heterocycles. The molecule has 0 bridgehead atoms. The fourth-order valence-corrected chi connectivity index (χ4v) is 1.77. The van der Waals surface area contributed by atoms with Crippen molar-refractivity contribution in [3.63, 3.8) is 0 Å². The number of hydrogen-bond donors (Lipinski definition) is 0. The van der Waals surface area contributed by atoms with Gasteiger partial charge in [0.15, 0.2) is 5.92 Å². The Morgan fingerprint density at radius 2 is 2.21 bits per heavy atom. The maximum atomic E-state index is 11.6. The van der Waals surface area contributed by atoms with E-state index in [2.05, 4.69) is 0 Å². The van der Waals surface area contributed by atoms with E-state index in [9.17, 15) is 4.79 Å². The lowest BCUT2D eigenvalue weighted by molar-refractivity contribution is -0.131. The van der Waals surface area contributed by atoms with Gasteiger partial charge in [0.05, 0.1) is 6.07 Å². The number of carbonyl (C=O) groups is 1. The number of carbonyl (C=O) groups excluding carboxylic acids is 1. The molecule has 0 fully saturated rings. The van der Waals surface area contributed by atoms with Crippen LogP contribution in [0.2, 0.25) is 0 Å². The van der Waals surface area contributed by atoms with Gasteiger partial charge < -0.3 is 4.90 Å². The average Bonchev–Trinajstić information content (AvgIpc) is 2.20. The monoisotopic (exact) mass is 186 g/mol. The van der Waals surface area contributed by atoms with Crippen LogP contribution in [0.4, 0.5) is 0 Å². The highest BCUT2D eigenvalue weighted by Gasteiger charge is 2.30. The lowest BCUT2D eigenvalue weighted by Gasteiger charge is -2.27. The zero-order valence-corrected chi connectivity index (χ0v) is 7.90. The molecule has 3 nitrogen and oxygen atoms in total. The molecule has 1 aromatic rings. The molecule has 0 radical (unpaired) electrons. The Balaban J connectivity index is 2.54. The zero-order valence-electron chi connectivity index (χ0n) is 7.90. The lowest BCUT2D eigenvalue weighted by Crippen LogP contribution is -2.35. The molecule has 1 aliphatic rings. The second-order valence-electron chi connectivity index (χ2n) is 3.46. The van der Waals surface area contributed by atoms with E-state index in [0.29, 0.717) is 6.54 Å². The van der Waals surface area contributed by atoms with Crippen LogP contribution >= 0.6 is 0 Å². The van der Waals surface area contributed by atoms with Crippen LogP contribution in [0, 0.1) is 11.3 Å². The molecule has 1 unspecified atom stereocenters. The lowest BCUT2D eigenvalue weighted by atomic mass is 9.90. The van der Waals surface area contributed by atoms with Crippen LogP contribution in [-0.2, 0) is 11.3 Å². The fraction of sp³-hybridized carbons (Fsp3) is 0.273. The third-order valence-electron chi connectivity index (χ3n) is 2.53. The highest BCUT2D eigenvalue weighted by atomic mass is 16.2. The van der Waals surface area contributed by atoms with Crippen molar-refractivity contribution in [2.75, 3.05) is 7.05 Å². The van der Waals surface area contributed by atoms with Crippen LogP contribution in [-0.4, -0.2) is 17.9 Å². The highest BCUT2D eigenvalue weighted by molar-refractivity contribution is 5.88. The van der Waals surface area contributed by atoms with Crippen molar-refractivity contribution < 1.29 is 4.79 Å². The summed E-state index contributed by atoms with van der Waals surface area (Å²) in [5.74, 6) is -0.726. The SMILES string of the molecule is CN1Cc2ccccc2C(C#N)C1=O. The first-order chi connectivity index (χ1) is 6.74. The highest BCUT2D eigenvalue weighted by Crippen LogP contribution is 2.27. The molecule has 0 N–H and O–H groups in total. The van der Waals surface area contributed by atoms with Crippen molar-refractivity contribution in [3.05, 3.63) is 35.4 Å². The second kappa shape index (κ2) is 3.15. The number of benzene rings is 1. The summed E-state index contributed by atoms with van der Waals surface area (Å²) >= 11 is 0. The Kier molecular flexibility index (Phi) is 1.97. The first-order valence-electron chi connectivity index (χ1n) is 4.46. The number of nitriles is 1. The Bertz CT molecular complexity index is 420. The summed E-state index contributed by atoms with van der Waals surface area (Å²) in [5, 5.41) is 8.93. The predicted octanol–water partition coefficient (Wildman–Crippen LogP) is 1.27. The van der Waals surface area contributed by atoms with Crippen LogP contribution in [0.3, 0.4) is 0 Å². The summed E-state index contributed by atoms with van der Waals surface area (Å²) in [5.41, 5.74) is 1.93. The minimum atomic E-state index is -0.620. The predicted molar refractivity (Wildman–Crippen MR) is 51.3 cm³/mol. The fourth-order valence-electron chi connectivity index (χ4n) is 1.77. The molecule has 1 amide bonds. The molecule has 2 rings (SSSR count). The molecular formula is C11H10N2O. The van der Waals surface area contributed by atoms with Gasteiger partial charge in [-0.25, -0.2) is 0 Å². The minimum Gasteiger partial charge on any atom is -0.340 e. The van der Waals surface area contributed by atoms with Gasteiger partial charge in [0.1, 0.15) is 0 Å². The van der Waals surface area contributed by atoms with Crippen LogP contribution < -0.4 is 0 Å². The topological polar surface area (TPSA) is 44.1 Å². The number of amides is 1. The summed E-state index contributed by atoms with van der Waals surface area (Å²) < 4.78 is 0. The van der Waals surface area contributed by atoms with E-state index in [1.807, 2.05) is 30.3 Å². The van der Waals surface area contributed by atoms with Crippen molar-refractivity contribution in [2.45, 2.75) is 12.5 Å². The van der Waals surface area contributed by atoms with Crippen LogP contribution in [0.5, 0.6) is 0 Å². The number of nitrogens with zero attached hydrogens (tertiary/aromatic N) is 2. The third kappa shape index (κ3) is 1.16. The molecule has 0 spiro atoms. The van der Waals surface area contributed by atoms with E-state index in [1.54, 1.807) is 11.9 Å². The molecule has 0 saturated carbocycles. The first kappa shape index (κ1) is 8.76. The van der Waals surface area contributed by atoms with Crippen LogP contribution in [0.1, 0.15) is 17.0 Å². The normalized spacial score (nSPS) is 20.1. The quantitative estimate of drug-likeness (QED) is 0.612. The van der Waals surface area contributed by atoms with E-state index in [-0.39, 0.29) is 5.91 Å². The van der Waals surface area contributed by atoms with Crippen molar-refractivity contribution >= 4 is 5.91 Å². The van der Waals surface area contributed by atoms with Crippen molar-refractivity contribution in [2.24, 2.45) is 0 Å². The summed E-state index contributed by atoms with van der Waals surface area (Å²) in [6.07, 6.45) is 0. The molecule has 1 heterocycles. The van der Waals surface area contributed by atoms with E-state index < -0.39 is 5.92 Å². The van der Waals surface area contributed by atoms with E-state index in [4.69, 9.17) is 5.26 Å². The first-order valence-corrected chi connectivity index (χ1v) is 4.46. The third-order valence-corrected chi connectivity index (χ3v) is 2.53. The van der Waals surface area contributed by atoms with Crippen molar-refractivity contribution in [1.29, 1.82) is 5.26 Å². The molecule has 3 heteroatoms. The Labute approximate surface area is 82.6 Å². The van der Waals surface area contributed by atoms with Crippen molar-refractivity contribution in [3.8, 4) is 6.07 Å². The summed E-state index contributed by atoms with van der Waals surface area (Å²) in [4.78, 5) is 13.2. The maximum Gasteiger partial charge on any atom is 0.244 e. The standard InChI is InChI=1S/C11H10N2O/c1-13-7-8-4-2-3-5-9(8)10(6-12)11(13)14/h2-5,10H,7H2,1H3. The summed E-state index contributed by atoms with van der Waals surface area (Å²) in [6.45, 7) is 0.604. The van der Waals surface area contributed by atoms with Crippen LogP contribution in [0.15, 0.2) is 24.3 Å².